The van der Waals surface area contributed by atoms with Gasteiger partial charge in [0.25, 0.3) is 0 Å². The van der Waals surface area contributed by atoms with Crippen LogP contribution in [0.5, 0.6) is 0 Å². The first-order valence-electron chi connectivity index (χ1n) is 10.1. The molecule has 0 atom stereocenters. The minimum atomic E-state index is -1.02. The highest BCUT2D eigenvalue weighted by atomic mass is 35.5. The van der Waals surface area contributed by atoms with Crippen LogP contribution < -0.4 is 4.90 Å². The number of benzene rings is 2. The highest BCUT2D eigenvalue weighted by molar-refractivity contribution is 6.28. The van der Waals surface area contributed by atoms with E-state index in [1.165, 1.54) is 0 Å². The van der Waals surface area contributed by atoms with Crippen LogP contribution in [0.1, 0.15) is 24.0 Å². The van der Waals surface area contributed by atoms with Crippen molar-refractivity contribution in [2.24, 2.45) is 5.92 Å². The standard InChI is InChI=1S/C23H22ClN5O/c24-22-26-25-20-11-12-21(27-29(20)22)28-15-13-19(14-16-28)23(30,17-7-3-1-4-8-17)18-9-5-2-6-10-18/h1-12,19,30H,13-16H2. The van der Waals surface area contributed by atoms with Crippen LogP contribution in [0.15, 0.2) is 72.8 Å². The molecule has 0 saturated carbocycles. The van der Waals surface area contributed by atoms with Gasteiger partial charge in [-0.1, -0.05) is 60.7 Å². The van der Waals surface area contributed by atoms with Gasteiger partial charge < -0.3 is 10.0 Å². The van der Waals surface area contributed by atoms with Gasteiger partial charge in [-0.2, -0.15) is 4.52 Å². The average Bonchev–Trinajstić information content (AvgIpc) is 3.20. The van der Waals surface area contributed by atoms with Gasteiger partial charge in [-0.05, 0) is 53.6 Å². The second-order valence-corrected chi connectivity index (χ2v) is 8.03. The Labute approximate surface area is 179 Å². The fourth-order valence-electron chi connectivity index (χ4n) is 4.47. The summed E-state index contributed by atoms with van der Waals surface area (Å²) in [6.07, 6.45) is 1.69. The molecule has 7 heteroatoms. The van der Waals surface area contributed by atoms with Crippen LogP contribution in [0.25, 0.3) is 5.65 Å². The predicted octanol–water partition coefficient (Wildman–Crippen LogP) is 3.93. The lowest BCUT2D eigenvalue weighted by Gasteiger charge is -2.42. The highest BCUT2D eigenvalue weighted by Gasteiger charge is 2.41. The third kappa shape index (κ3) is 3.22. The van der Waals surface area contributed by atoms with Crippen molar-refractivity contribution in [3.63, 3.8) is 0 Å². The minimum absolute atomic E-state index is 0.0979. The number of aliphatic hydroxyl groups is 1. The van der Waals surface area contributed by atoms with Crippen molar-refractivity contribution in [2.45, 2.75) is 18.4 Å². The normalized spacial score (nSPS) is 15.6. The van der Waals surface area contributed by atoms with Gasteiger partial charge in [-0.15, -0.1) is 15.3 Å². The maximum Gasteiger partial charge on any atom is 0.246 e. The van der Waals surface area contributed by atoms with Crippen molar-refractivity contribution in [3.05, 3.63) is 89.2 Å². The zero-order valence-electron chi connectivity index (χ0n) is 16.4. The molecule has 0 radical (unpaired) electrons. The quantitative estimate of drug-likeness (QED) is 0.543. The van der Waals surface area contributed by atoms with E-state index < -0.39 is 5.60 Å². The molecular formula is C23H22ClN5O. The summed E-state index contributed by atoms with van der Waals surface area (Å²) >= 11 is 6.08. The van der Waals surface area contributed by atoms with Crippen LogP contribution in [0, 0.1) is 5.92 Å². The molecule has 0 spiro atoms. The molecule has 0 aliphatic carbocycles. The third-order valence-corrected chi connectivity index (χ3v) is 6.28. The Morgan fingerprint density at radius 3 is 2.03 bits per heavy atom. The van der Waals surface area contributed by atoms with Gasteiger partial charge in [0, 0.05) is 13.1 Å². The zero-order chi connectivity index (χ0) is 20.6. The van der Waals surface area contributed by atoms with Crippen LogP contribution >= 0.6 is 11.6 Å². The van der Waals surface area contributed by atoms with E-state index in [0.29, 0.717) is 5.65 Å². The Morgan fingerprint density at radius 1 is 0.833 bits per heavy atom. The number of anilines is 1. The lowest BCUT2D eigenvalue weighted by atomic mass is 9.72. The molecule has 2 aromatic carbocycles. The maximum absolute atomic E-state index is 12.0. The summed E-state index contributed by atoms with van der Waals surface area (Å²) in [5, 5.41) is 24.7. The van der Waals surface area contributed by atoms with E-state index in [0.717, 1.165) is 42.9 Å². The second kappa shape index (κ2) is 7.70. The largest absolute Gasteiger partial charge is 0.380 e. The zero-order valence-corrected chi connectivity index (χ0v) is 17.2. The van der Waals surface area contributed by atoms with Gasteiger partial charge in [-0.3, -0.25) is 0 Å². The van der Waals surface area contributed by atoms with Gasteiger partial charge in [-0.25, -0.2) is 0 Å². The monoisotopic (exact) mass is 419 g/mol. The number of hydrogen-bond donors (Lipinski definition) is 1. The summed E-state index contributed by atoms with van der Waals surface area (Å²) in [6, 6.07) is 23.8. The molecule has 2 aromatic heterocycles. The van der Waals surface area contributed by atoms with Gasteiger partial charge in [0.1, 0.15) is 11.4 Å². The van der Waals surface area contributed by atoms with Crippen molar-refractivity contribution in [1.82, 2.24) is 19.8 Å². The average molecular weight is 420 g/mol. The van der Waals surface area contributed by atoms with Gasteiger partial charge in [0.15, 0.2) is 5.65 Å². The topological polar surface area (TPSA) is 66.5 Å². The van der Waals surface area contributed by atoms with Crippen LogP contribution in [-0.2, 0) is 5.60 Å². The van der Waals surface area contributed by atoms with E-state index in [-0.39, 0.29) is 11.2 Å². The Bertz CT molecular complexity index is 1100. The Morgan fingerprint density at radius 2 is 1.43 bits per heavy atom. The van der Waals surface area contributed by atoms with Crippen molar-refractivity contribution in [2.75, 3.05) is 18.0 Å². The van der Waals surface area contributed by atoms with Crippen molar-refractivity contribution >= 4 is 23.1 Å². The van der Waals surface area contributed by atoms with Gasteiger partial charge in [0.2, 0.25) is 5.28 Å². The summed E-state index contributed by atoms with van der Waals surface area (Å²) in [7, 11) is 0. The molecule has 1 aliphatic rings. The van der Waals surface area contributed by atoms with E-state index in [2.05, 4.69) is 20.2 Å². The first-order valence-corrected chi connectivity index (χ1v) is 10.5. The molecule has 4 aromatic rings. The molecule has 1 aliphatic heterocycles. The first-order chi connectivity index (χ1) is 14.7. The number of piperidine rings is 1. The van der Waals surface area contributed by atoms with Crippen LogP contribution in [0.3, 0.4) is 0 Å². The van der Waals surface area contributed by atoms with Crippen molar-refractivity contribution < 1.29 is 5.11 Å². The molecule has 6 nitrogen and oxygen atoms in total. The third-order valence-electron chi connectivity index (χ3n) is 6.05. The van der Waals surface area contributed by atoms with Crippen LogP contribution in [0.4, 0.5) is 5.82 Å². The first kappa shape index (κ1) is 19.0. The molecule has 1 fully saturated rings. The number of rotatable bonds is 4. The molecule has 3 heterocycles. The highest BCUT2D eigenvalue weighted by Crippen LogP contribution is 2.42. The van der Waals surface area contributed by atoms with E-state index in [1.54, 1.807) is 4.52 Å². The van der Waals surface area contributed by atoms with E-state index in [9.17, 15) is 5.11 Å². The molecule has 0 bridgehead atoms. The lowest BCUT2D eigenvalue weighted by Crippen LogP contribution is -2.44. The summed E-state index contributed by atoms with van der Waals surface area (Å²) < 4.78 is 1.55. The Balaban J connectivity index is 1.42. The van der Waals surface area contributed by atoms with E-state index >= 15 is 0 Å². The number of aromatic nitrogens is 4. The van der Waals surface area contributed by atoms with Gasteiger partial charge in [0.05, 0.1) is 0 Å². The molecule has 30 heavy (non-hydrogen) atoms. The fourth-order valence-corrected chi connectivity index (χ4v) is 4.63. The summed E-state index contributed by atoms with van der Waals surface area (Å²) in [5.41, 5.74) is 1.47. The number of hydrogen-bond acceptors (Lipinski definition) is 5. The summed E-state index contributed by atoms with van der Waals surface area (Å²) in [5.74, 6) is 0.936. The summed E-state index contributed by atoms with van der Waals surface area (Å²) in [4.78, 5) is 2.22. The van der Waals surface area contributed by atoms with E-state index in [1.807, 2.05) is 72.8 Å². The summed E-state index contributed by atoms with van der Waals surface area (Å²) in [6.45, 7) is 1.59. The predicted molar refractivity (Wildman–Crippen MR) is 117 cm³/mol. The molecule has 0 unspecified atom stereocenters. The van der Waals surface area contributed by atoms with Gasteiger partial charge >= 0.3 is 0 Å². The second-order valence-electron chi connectivity index (χ2n) is 7.69. The Hall–Kier alpha value is -2.96. The molecule has 1 saturated heterocycles. The van der Waals surface area contributed by atoms with Crippen LogP contribution in [0.2, 0.25) is 5.28 Å². The number of halogens is 1. The molecule has 5 rings (SSSR count). The van der Waals surface area contributed by atoms with E-state index in [4.69, 9.17) is 11.6 Å². The SMILES string of the molecule is OC(c1ccccc1)(c1ccccc1)C1CCN(c2ccc3nnc(Cl)n3n2)CC1. The van der Waals surface area contributed by atoms with Crippen LogP contribution in [-0.4, -0.2) is 38.0 Å². The van der Waals surface area contributed by atoms with Crippen molar-refractivity contribution in [3.8, 4) is 0 Å². The number of fused-ring (bicyclic) bond motifs is 1. The minimum Gasteiger partial charge on any atom is -0.380 e. The smallest absolute Gasteiger partial charge is 0.246 e. The molecule has 152 valence electrons. The van der Waals surface area contributed by atoms with Crippen molar-refractivity contribution in [1.29, 1.82) is 0 Å². The molecule has 1 N–H and O–H groups in total. The molecule has 0 amide bonds. The lowest BCUT2D eigenvalue weighted by molar-refractivity contribution is 0.00499. The number of nitrogens with zero attached hydrogens (tertiary/aromatic N) is 5. The molecular weight excluding hydrogens is 398 g/mol. The fraction of sp³-hybridized carbons (Fsp3) is 0.261. The maximum atomic E-state index is 12.0. The Kier molecular flexibility index (Phi) is 4.89.